The number of anilines is 1. The summed E-state index contributed by atoms with van der Waals surface area (Å²) in [5.74, 6) is 0.667. The highest BCUT2D eigenvalue weighted by molar-refractivity contribution is 9.11. The van der Waals surface area contributed by atoms with Crippen LogP contribution in [0.15, 0.2) is 32.8 Å². The molecule has 0 aliphatic carbocycles. The van der Waals surface area contributed by atoms with E-state index < -0.39 is 0 Å². The van der Waals surface area contributed by atoms with Gasteiger partial charge < -0.3 is 15.8 Å². The van der Waals surface area contributed by atoms with Crippen molar-refractivity contribution in [1.29, 1.82) is 0 Å². The summed E-state index contributed by atoms with van der Waals surface area (Å²) < 4.78 is 1.10. The van der Waals surface area contributed by atoms with Crippen LogP contribution < -0.4 is 10.6 Å². The molecule has 0 spiro atoms. The number of oxime groups is 1. The van der Waals surface area contributed by atoms with Crippen LogP contribution >= 0.6 is 27.3 Å². The summed E-state index contributed by atoms with van der Waals surface area (Å²) in [7, 11) is 1.93. The first-order valence-corrected chi connectivity index (χ1v) is 7.01. The molecule has 3 N–H and O–H groups in total. The number of thiophene rings is 1. The second-order valence-electron chi connectivity index (χ2n) is 3.86. The third-order valence-corrected chi connectivity index (χ3v) is 3.99. The van der Waals surface area contributed by atoms with E-state index in [4.69, 9.17) is 10.9 Å². The average Bonchev–Trinajstić information content (AvgIpc) is 2.83. The van der Waals surface area contributed by atoms with Crippen LogP contribution in [0.5, 0.6) is 0 Å². The maximum Gasteiger partial charge on any atom is 0.190 e. The Kier molecular flexibility index (Phi) is 4.33. The second-order valence-corrected chi connectivity index (χ2v) is 6.15. The highest BCUT2D eigenvalue weighted by atomic mass is 79.9. The molecule has 0 aliphatic rings. The van der Waals surface area contributed by atoms with Crippen LogP contribution in [0.4, 0.5) is 5.82 Å². The molecule has 0 saturated carbocycles. The fraction of sp³-hybridized carbons (Fsp3) is 0.182. The summed E-state index contributed by atoms with van der Waals surface area (Å²) in [5, 5.41) is 13.5. The van der Waals surface area contributed by atoms with Gasteiger partial charge in [0.25, 0.3) is 0 Å². The Bertz CT molecular complexity index is 583. The van der Waals surface area contributed by atoms with Crippen molar-refractivity contribution in [1.82, 2.24) is 9.97 Å². The first kappa shape index (κ1) is 13.8. The Morgan fingerprint density at radius 1 is 1.53 bits per heavy atom. The van der Waals surface area contributed by atoms with E-state index in [1.807, 2.05) is 11.9 Å². The SMILES string of the molecule is CN(Cc1csc(Br)c1)c1cnc(C(N)=NO)cn1. The molecule has 0 amide bonds. The van der Waals surface area contributed by atoms with E-state index in [0.717, 1.165) is 16.1 Å². The summed E-state index contributed by atoms with van der Waals surface area (Å²) in [6.45, 7) is 0.736. The smallest absolute Gasteiger partial charge is 0.190 e. The fourth-order valence-electron chi connectivity index (χ4n) is 1.49. The van der Waals surface area contributed by atoms with E-state index in [1.165, 1.54) is 11.8 Å². The minimum Gasteiger partial charge on any atom is -0.409 e. The molecule has 100 valence electrons. The zero-order chi connectivity index (χ0) is 13.8. The van der Waals surface area contributed by atoms with Crippen molar-refractivity contribution in [2.75, 3.05) is 11.9 Å². The van der Waals surface area contributed by atoms with Gasteiger partial charge in [-0.2, -0.15) is 0 Å². The highest BCUT2D eigenvalue weighted by Gasteiger charge is 2.07. The van der Waals surface area contributed by atoms with Crippen molar-refractivity contribution >= 4 is 38.9 Å². The molecule has 2 heterocycles. The average molecular weight is 342 g/mol. The van der Waals surface area contributed by atoms with Crippen molar-refractivity contribution in [3.8, 4) is 0 Å². The topological polar surface area (TPSA) is 87.6 Å². The molecule has 0 bridgehead atoms. The predicted molar refractivity (Wildman–Crippen MR) is 78.7 cm³/mol. The minimum atomic E-state index is -0.0523. The van der Waals surface area contributed by atoms with Gasteiger partial charge >= 0.3 is 0 Å². The van der Waals surface area contributed by atoms with Crippen molar-refractivity contribution in [2.45, 2.75) is 6.54 Å². The number of aromatic nitrogens is 2. The number of nitrogens with two attached hydrogens (primary N) is 1. The van der Waals surface area contributed by atoms with Crippen molar-refractivity contribution in [3.05, 3.63) is 38.9 Å². The lowest BCUT2D eigenvalue weighted by molar-refractivity contribution is 0.318. The Labute approximate surface area is 122 Å². The van der Waals surface area contributed by atoms with Crippen molar-refractivity contribution in [2.24, 2.45) is 10.9 Å². The molecule has 2 rings (SSSR count). The third-order valence-electron chi connectivity index (χ3n) is 2.44. The lowest BCUT2D eigenvalue weighted by Gasteiger charge is -2.16. The van der Waals surface area contributed by atoms with Gasteiger partial charge in [0.05, 0.1) is 16.2 Å². The van der Waals surface area contributed by atoms with Crippen molar-refractivity contribution < 1.29 is 5.21 Å². The normalized spacial score (nSPS) is 11.6. The van der Waals surface area contributed by atoms with Crippen LogP contribution in [0.1, 0.15) is 11.3 Å². The molecule has 19 heavy (non-hydrogen) atoms. The number of hydrogen-bond donors (Lipinski definition) is 2. The lowest BCUT2D eigenvalue weighted by atomic mass is 10.3. The third kappa shape index (κ3) is 3.42. The predicted octanol–water partition coefficient (Wildman–Crippen LogP) is 2.03. The van der Waals surface area contributed by atoms with E-state index in [0.29, 0.717) is 5.69 Å². The maximum atomic E-state index is 8.55. The van der Waals surface area contributed by atoms with Gasteiger partial charge in [0.2, 0.25) is 0 Å². The molecular weight excluding hydrogens is 330 g/mol. The van der Waals surface area contributed by atoms with Gasteiger partial charge in [-0.05, 0) is 32.9 Å². The van der Waals surface area contributed by atoms with E-state index in [2.05, 4.69) is 42.5 Å². The van der Waals surface area contributed by atoms with E-state index in [-0.39, 0.29) is 5.84 Å². The molecule has 0 radical (unpaired) electrons. The van der Waals surface area contributed by atoms with E-state index >= 15 is 0 Å². The largest absolute Gasteiger partial charge is 0.409 e. The van der Waals surface area contributed by atoms with E-state index in [1.54, 1.807) is 17.5 Å². The summed E-state index contributed by atoms with van der Waals surface area (Å²) >= 11 is 5.08. The summed E-state index contributed by atoms with van der Waals surface area (Å²) in [6.07, 6.45) is 3.07. The Hall–Kier alpha value is -1.67. The second kappa shape index (κ2) is 5.98. The van der Waals surface area contributed by atoms with Gasteiger partial charge in [-0.1, -0.05) is 5.16 Å². The Morgan fingerprint density at radius 3 is 2.84 bits per heavy atom. The number of nitrogens with zero attached hydrogens (tertiary/aromatic N) is 4. The fourth-order valence-corrected chi connectivity index (χ4v) is 2.69. The molecule has 8 heteroatoms. The molecule has 6 nitrogen and oxygen atoms in total. The molecule has 0 unspecified atom stereocenters. The standard InChI is InChI=1S/C11H12BrN5OS/c1-17(5-7-2-9(12)19-6-7)10-4-14-8(3-15-10)11(13)16-18/h2-4,6,18H,5H2,1H3,(H2,13,16). The van der Waals surface area contributed by atoms with Crippen LogP contribution in [0.2, 0.25) is 0 Å². The molecule has 0 saturated heterocycles. The summed E-state index contributed by atoms with van der Waals surface area (Å²) in [5.41, 5.74) is 6.97. The van der Waals surface area contributed by atoms with Gasteiger partial charge in [-0.25, -0.2) is 9.97 Å². The molecular formula is C11H12BrN5OS. The zero-order valence-electron chi connectivity index (χ0n) is 10.1. The van der Waals surface area contributed by atoms with Gasteiger partial charge in [0.1, 0.15) is 11.5 Å². The summed E-state index contributed by atoms with van der Waals surface area (Å²) in [6, 6.07) is 2.07. The first-order valence-electron chi connectivity index (χ1n) is 5.34. The molecule has 2 aromatic rings. The molecule has 0 atom stereocenters. The van der Waals surface area contributed by atoms with Crippen LogP contribution in [0.3, 0.4) is 0 Å². The summed E-state index contributed by atoms with van der Waals surface area (Å²) in [4.78, 5) is 10.3. The van der Waals surface area contributed by atoms with Crippen LogP contribution in [0.25, 0.3) is 0 Å². The van der Waals surface area contributed by atoms with Gasteiger partial charge in [-0.15, -0.1) is 11.3 Å². The molecule has 0 aliphatic heterocycles. The highest BCUT2D eigenvalue weighted by Crippen LogP contribution is 2.22. The number of hydrogen-bond acceptors (Lipinski definition) is 6. The zero-order valence-corrected chi connectivity index (χ0v) is 12.5. The lowest BCUT2D eigenvalue weighted by Crippen LogP contribution is -2.20. The Balaban J connectivity index is 2.09. The van der Waals surface area contributed by atoms with E-state index in [9.17, 15) is 0 Å². The number of rotatable bonds is 4. The van der Waals surface area contributed by atoms with Gasteiger partial charge in [0, 0.05) is 13.6 Å². The van der Waals surface area contributed by atoms with Crippen LogP contribution in [-0.4, -0.2) is 28.1 Å². The number of halogens is 1. The monoisotopic (exact) mass is 341 g/mol. The quantitative estimate of drug-likeness (QED) is 0.384. The van der Waals surface area contributed by atoms with Crippen molar-refractivity contribution in [3.63, 3.8) is 0 Å². The Morgan fingerprint density at radius 2 is 2.32 bits per heavy atom. The van der Waals surface area contributed by atoms with Crippen LogP contribution in [-0.2, 0) is 6.54 Å². The molecule has 0 fully saturated rings. The maximum absolute atomic E-state index is 8.55. The minimum absolute atomic E-state index is 0.0523. The first-order chi connectivity index (χ1) is 9.10. The molecule has 0 aromatic carbocycles. The van der Waals surface area contributed by atoms with Gasteiger partial charge in [-0.3, -0.25) is 0 Å². The van der Waals surface area contributed by atoms with Crippen LogP contribution in [0, 0.1) is 0 Å². The van der Waals surface area contributed by atoms with Gasteiger partial charge in [0.15, 0.2) is 5.84 Å². The number of amidine groups is 1. The molecule has 2 aromatic heterocycles.